The maximum absolute atomic E-state index is 9.14. The van der Waals surface area contributed by atoms with Gasteiger partial charge in [-0.15, -0.1) is 0 Å². The van der Waals surface area contributed by atoms with Crippen LogP contribution >= 0.6 is 38.5 Å². The van der Waals surface area contributed by atoms with E-state index in [1.54, 1.807) is 12.1 Å². The molecule has 0 radical (unpaired) electrons. The minimum atomic E-state index is 0.586. The number of allylic oxidation sites excluding steroid dienone is 1. The maximum atomic E-state index is 9.14. The molecule has 0 bridgehead atoms. The number of halogens is 2. The number of benzene rings is 1. The van der Waals surface area contributed by atoms with Crippen molar-refractivity contribution in [2.75, 3.05) is 0 Å². The van der Waals surface area contributed by atoms with Gasteiger partial charge in [-0.1, -0.05) is 12.1 Å². The molecule has 4 heteroatoms. The van der Waals surface area contributed by atoms with E-state index in [-0.39, 0.29) is 0 Å². The number of furan rings is 1. The third-order valence-electron chi connectivity index (χ3n) is 2.16. The second kappa shape index (κ2) is 5.52. The summed E-state index contributed by atoms with van der Waals surface area (Å²) in [5.41, 5.74) is 1.48. The summed E-state index contributed by atoms with van der Waals surface area (Å²) in [4.78, 5) is 0. The molecule has 2 rings (SSSR count). The van der Waals surface area contributed by atoms with Gasteiger partial charge in [-0.2, -0.15) is 5.26 Å². The fraction of sp³-hybridized carbons (Fsp3) is 0. The maximum Gasteiger partial charge on any atom is 0.169 e. The Labute approximate surface area is 121 Å². The van der Waals surface area contributed by atoms with Crippen LogP contribution < -0.4 is 0 Å². The lowest BCUT2D eigenvalue weighted by molar-refractivity contribution is 0.532. The monoisotopic (exact) mass is 399 g/mol. The number of nitrogens with zero attached hydrogens (tertiary/aromatic N) is 1. The Kier molecular flexibility index (Phi) is 4.02. The molecule has 0 saturated heterocycles. The third-order valence-corrected chi connectivity index (χ3v) is 3.30. The summed E-state index contributed by atoms with van der Waals surface area (Å²) in [5.74, 6) is 0.659. The van der Waals surface area contributed by atoms with E-state index in [4.69, 9.17) is 9.68 Å². The van der Waals surface area contributed by atoms with Crippen LogP contribution in [0, 0.1) is 14.9 Å². The average molecular weight is 400 g/mol. The van der Waals surface area contributed by atoms with Gasteiger partial charge in [0.25, 0.3) is 0 Å². The van der Waals surface area contributed by atoms with Crippen molar-refractivity contribution in [1.82, 2.24) is 0 Å². The van der Waals surface area contributed by atoms with Crippen LogP contribution in [-0.4, -0.2) is 0 Å². The van der Waals surface area contributed by atoms with Crippen LogP contribution in [0.4, 0.5) is 0 Å². The van der Waals surface area contributed by atoms with Gasteiger partial charge in [0, 0.05) is 3.57 Å². The highest BCUT2D eigenvalue weighted by Crippen LogP contribution is 2.21. The third kappa shape index (κ3) is 3.20. The lowest BCUT2D eigenvalue weighted by Gasteiger charge is -1.98. The first kappa shape index (κ1) is 12.4. The lowest BCUT2D eigenvalue weighted by Crippen LogP contribution is -1.81. The molecule has 0 spiro atoms. The van der Waals surface area contributed by atoms with E-state index < -0.39 is 0 Å². The van der Waals surface area contributed by atoms with E-state index in [1.165, 1.54) is 0 Å². The Hall–Kier alpha value is -1.06. The summed E-state index contributed by atoms with van der Waals surface area (Å²) in [6.07, 6.45) is 1.73. The Bertz CT molecular complexity index is 593. The van der Waals surface area contributed by atoms with Crippen molar-refractivity contribution >= 4 is 50.2 Å². The molecule has 0 fully saturated rings. The summed E-state index contributed by atoms with van der Waals surface area (Å²) < 4.78 is 7.15. The Morgan fingerprint density at radius 3 is 2.47 bits per heavy atom. The van der Waals surface area contributed by atoms with Crippen molar-refractivity contribution in [3.8, 4) is 6.07 Å². The largest absolute Gasteiger partial charge is 0.450 e. The summed E-state index contributed by atoms with van der Waals surface area (Å²) in [6, 6.07) is 13.6. The molecule has 0 aliphatic rings. The minimum absolute atomic E-state index is 0.586. The smallest absolute Gasteiger partial charge is 0.169 e. The Balaban J connectivity index is 2.37. The lowest BCUT2D eigenvalue weighted by atomic mass is 10.1. The average Bonchev–Trinajstić information content (AvgIpc) is 2.73. The first-order valence-corrected chi connectivity index (χ1v) is 6.69. The second-order valence-corrected chi connectivity index (χ2v) is 5.35. The predicted octanol–water partition coefficient (Wildman–Crippen LogP) is 4.71. The highest BCUT2D eigenvalue weighted by molar-refractivity contribution is 14.1. The zero-order valence-electron chi connectivity index (χ0n) is 8.65. The molecule has 2 aromatic rings. The van der Waals surface area contributed by atoms with Crippen molar-refractivity contribution in [2.24, 2.45) is 0 Å². The van der Waals surface area contributed by atoms with Crippen molar-refractivity contribution in [2.45, 2.75) is 0 Å². The fourth-order valence-corrected chi connectivity index (χ4v) is 2.04. The zero-order chi connectivity index (χ0) is 12.3. The predicted molar refractivity (Wildman–Crippen MR) is 79.1 cm³/mol. The highest BCUT2D eigenvalue weighted by atomic mass is 127. The van der Waals surface area contributed by atoms with Crippen LogP contribution in [0.25, 0.3) is 11.6 Å². The summed E-state index contributed by atoms with van der Waals surface area (Å²) >= 11 is 5.46. The molecular weight excluding hydrogens is 393 g/mol. The molecule has 84 valence electrons. The van der Waals surface area contributed by atoms with Crippen LogP contribution in [0.5, 0.6) is 0 Å². The van der Waals surface area contributed by atoms with Gasteiger partial charge in [0.05, 0.1) is 11.6 Å². The van der Waals surface area contributed by atoms with Crippen molar-refractivity contribution in [3.05, 3.63) is 56.0 Å². The summed E-state index contributed by atoms with van der Waals surface area (Å²) in [7, 11) is 0. The molecule has 1 aromatic heterocycles. The molecule has 2 nitrogen and oxygen atoms in total. The SMILES string of the molecule is N#C/C(=C/c1ccc(Br)o1)c1ccc(I)cc1. The van der Waals surface area contributed by atoms with E-state index >= 15 is 0 Å². The number of hydrogen-bond donors (Lipinski definition) is 0. The summed E-state index contributed by atoms with van der Waals surface area (Å²) in [6.45, 7) is 0. The van der Waals surface area contributed by atoms with E-state index in [0.29, 0.717) is 16.0 Å². The quantitative estimate of drug-likeness (QED) is 0.541. The fourth-order valence-electron chi connectivity index (χ4n) is 1.36. The first-order chi connectivity index (χ1) is 8.19. The molecule has 17 heavy (non-hydrogen) atoms. The molecule has 0 aliphatic carbocycles. The molecule has 0 aliphatic heterocycles. The minimum Gasteiger partial charge on any atom is -0.450 e. The van der Waals surface area contributed by atoms with Crippen LogP contribution in [0.15, 0.2) is 45.5 Å². The van der Waals surface area contributed by atoms with Crippen molar-refractivity contribution in [1.29, 1.82) is 5.26 Å². The van der Waals surface area contributed by atoms with Crippen LogP contribution in [0.2, 0.25) is 0 Å². The molecule has 0 saturated carbocycles. The van der Waals surface area contributed by atoms with E-state index in [1.807, 2.05) is 30.3 Å². The molecule has 1 aromatic carbocycles. The van der Waals surface area contributed by atoms with Gasteiger partial charge in [0.15, 0.2) is 4.67 Å². The number of hydrogen-bond acceptors (Lipinski definition) is 2. The topological polar surface area (TPSA) is 36.9 Å². The van der Waals surface area contributed by atoms with Gasteiger partial charge in [0.1, 0.15) is 5.76 Å². The molecule has 0 atom stereocenters. The molecule has 0 unspecified atom stereocenters. The normalized spacial score (nSPS) is 11.2. The van der Waals surface area contributed by atoms with Gasteiger partial charge >= 0.3 is 0 Å². The Morgan fingerprint density at radius 1 is 1.24 bits per heavy atom. The standard InChI is InChI=1S/C13H7BrINO/c14-13-6-5-12(17-13)7-10(8-16)9-1-3-11(15)4-2-9/h1-7H/b10-7-. The van der Waals surface area contributed by atoms with Gasteiger partial charge in [0.2, 0.25) is 0 Å². The van der Waals surface area contributed by atoms with Crippen LogP contribution in [0.1, 0.15) is 11.3 Å². The van der Waals surface area contributed by atoms with Crippen LogP contribution in [0.3, 0.4) is 0 Å². The first-order valence-electron chi connectivity index (χ1n) is 4.82. The van der Waals surface area contributed by atoms with Crippen molar-refractivity contribution < 1.29 is 4.42 Å². The zero-order valence-corrected chi connectivity index (χ0v) is 12.4. The highest BCUT2D eigenvalue weighted by Gasteiger charge is 2.03. The number of rotatable bonds is 2. The number of nitriles is 1. The Morgan fingerprint density at radius 2 is 1.94 bits per heavy atom. The van der Waals surface area contributed by atoms with Gasteiger partial charge in [-0.25, -0.2) is 0 Å². The van der Waals surface area contributed by atoms with Gasteiger partial charge in [-0.05, 0) is 74.4 Å². The van der Waals surface area contributed by atoms with E-state index in [0.717, 1.165) is 9.13 Å². The van der Waals surface area contributed by atoms with E-state index in [2.05, 4.69) is 44.6 Å². The van der Waals surface area contributed by atoms with Gasteiger partial charge in [-0.3, -0.25) is 0 Å². The van der Waals surface area contributed by atoms with E-state index in [9.17, 15) is 0 Å². The molecular formula is C13H7BrINO. The molecule has 0 N–H and O–H groups in total. The molecule has 1 heterocycles. The molecule has 0 amide bonds. The summed E-state index contributed by atoms with van der Waals surface area (Å²) in [5, 5.41) is 9.14. The van der Waals surface area contributed by atoms with Crippen molar-refractivity contribution in [3.63, 3.8) is 0 Å². The second-order valence-electron chi connectivity index (χ2n) is 3.32. The van der Waals surface area contributed by atoms with Gasteiger partial charge < -0.3 is 4.42 Å². The van der Waals surface area contributed by atoms with Crippen LogP contribution in [-0.2, 0) is 0 Å².